The Morgan fingerprint density at radius 3 is 2.30 bits per heavy atom. The molecule has 1 unspecified atom stereocenters. The molecule has 0 radical (unpaired) electrons. The number of fused-ring (bicyclic) bond motifs is 3. The van der Waals surface area contributed by atoms with E-state index in [2.05, 4.69) is 18.0 Å². The zero-order valence-electron chi connectivity index (χ0n) is 17.1. The van der Waals surface area contributed by atoms with Gasteiger partial charge in [-0.25, -0.2) is 4.98 Å². The van der Waals surface area contributed by atoms with Gasteiger partial charge >= 0.3 is 0 Å². The van der Waals surface area contributed by atoms with Gasteiger partial charge in [0.1, 0.15) is 11.1 Å². The number of thioether (sulfide) groups is 1. The van der Waals surface area contributed by atoms with E-state index in [4.69, 9.17) is 0 Å². The molecule has 1 atom stereocenters. The highest BCUT2D eigenvalue weighted by molar-refractivity contribution is 8.00. The Morgan fingerprint density at radius 1 is 1.07 bits per heavy atom. The number of nitrogens with zero attached hydrogens (tertiary/aromatic N) is 3. The topological polar surface area (TPSA) is 58.7 Å². The summed E-state index contributed by atoms with van der Waals surface area (Å²) in [4.78, 5) is 18.2. The molecule has 0 saturated carbocycles. The summed E-state index contributed by atoms with van der Waals surface area (Å²) in [6.45, 7) is 4.03. The van der Waals surface area contributed by atoms with Crippen LogP contribution in [0.2, 0.25) is 0 Å². The van der Waals surface area contributed by atoms with Gasteiger partial charge in [0.25, 0.3) is 0 Å². The number of benzene rings is 2. The Kier molecular flexibility index (Phi) is 5.87. The smallest absolute Gasteiger partial charge is 0.244 e. The molecule has 4 aromatic rings. The van der Waals surface area contributed by atoms with Crippen LogP contribution in [-0.4, -0.2) is 20.7 Å². The van der Waals surface area contributed by atoms with Gasteiger partial charge in [0.15, 0.2) is 0 Å². The molecule has 2 heterocycles. The van der Waals surface area contributed by atoms with Crippen molar-refractivity contribution >= 4 is 39.5 Å². The molecule has 0 amide bonds. The minimum Gasteiger partial charge on any atom is -0.279 e. The lowest BCUT2D eigenvalue weighted by molar-refractivity contribution is 0.0925. The number of hydrogen-bond acceptors (Lipinski definition) is 4. The zero-order valence-corrected chi connectivity index (χ0v) is 17.9. The lowest BCUT2D eigenvalue weighted by Crippen LogP contribution is -2.21. The molecule has 2 aromatic carbocycles. The number of pyridine rings is 1. The van der Waals surface area contributed by atoms with E-state index < -0.39 is 0 Å². The van der Waals surface area contributed by atoms with E-state index in [0.29, 0.717) is 10.6 Å². The summed E-state index contributed by atoms with van der Waals surface area (Å²) >= 11 is 1.36. The number of nitriles is 1. The van der Waals surface area contributed by atoms with E-state index in [1.165, 1.54) is 11.8 Å². The van der Waals surface area contributed by atoms with Crippen LogP contribution in [0.5, 0.6) is 0 Å². The van der Waals surface area contributed by atoms with Crippen LogP contribution in [-0.2, 0) is 6.42 Å². The van der Waals surface area contributed by atoms with Crippen molar-refractivity contribution in [3.63, 3.8) is 0 Å². The number of para-hydroxylation sites is 2. The predicted molar refractivity (Wildman–Crippen MR) is 123 cm³/mol. The van der Waals surface area contributed by atoms with E-state index >= 15 is 0 Å². The quantitative estimate of drug-likeness (QED) is 0.352. The lowest BCUT2D eigenvalue weighted by Gasteiger charge is -2.14. The number of aryl methyl sites for hydroxylation is 1. The van der Waals surface area contributed by atoms with Crippen molar-refractivity contribution in [1.29, 1.82) is 5.26 Å². The maximum Gasteiger partial charge on any atom is 0.244 e. The Balaban J connectivity index is 1.71. The third-order valence-electron chi connectivity index (χ3n) is 5.26. The van der Waals surface area contributed by atoms with Gasteiger partial charge in [-0.1, -0.05) is 61.5 Å². The molecule has 2 aromatic heterocycles. The van der Waals surface area contributed by atoms with Crippen LogP contribution in [0.1, 0.15) is 42.7 Å². The van der Waals surface area contributed by atoms with Gasteiger partial charge in [-0.15, -0.1) is 0 Å². The van der Waals surface area contributed by atoms with Gasteiger partial charge in [-0.3, -0.25) is 9.36 Å². The first-order chi connectivity index (χ1) is 14.6. The van der Waals surface area contributed by atoms with Crippen molar-refractivity contribution in [3.8, 4) is 6.07 Å². The van der Waals surface area contributed by atoms with Crippen LogP contribution in [0, 0.1) is 11.3 Å². The number of unbranched alkanes of at least 4 members (excludes halogenated alkanes) is 1. The Labute approximate surface area is 180 Å². The van der Waals surface area contributed by atoms with Crippen LogP contribution in [0.25, 0.3) is 21.8 Å². The second-order valence-electron chi connectivity index (χ2n) is 7.34. The first-order valence-electron chi connectivity index (χ1n) is 10.2. The van der Waals surface area contributed by atoms with Gasteiger partial charge in [-0.05, 0) is 44.0 Å². The monoisotopic (exact) mass is 413 g/mol. The van der Waals surface area contributed by atoms with Crippen LogP contribution in [0.15, 0.2) is 65.7 Å². The van der Waals surface area contributed by atoms with E-state index in [1.54, 1.807) is 4.57 Å². The molecule has 30 heavy (non-hydrogen) atoms. The first-order valence-corrected chi connectivity index (χ1v) is 11.1. The SMILES string of the molecule is CCCCc1ccc(C#N)c(SC(C)C(=O)n2c3ccccc3c3ccccc32)n1. The molecule has 0 bridgehead atoms. The highest BCUT2D eigenvalue weighted by atomic mass is 32.2. The van der Waals surface area contributed by atoms with Crippen molar-refractivity contribution < 1.29 is 4.79 Å². The van der Waals surface area contributed by atoms with E-state index in [1.807, 2.05) is 67.6 Å². The van der Waals surface area contributed by atoms with Crippen LogP contribution >= 0.6 is 11.8 Å². The van der Waals surface area contributed by atoms with Crippen molar-refractivity contribution in [2.75, 3.05) is 0 Å². The molecule has 150 valence electrons. The lowest BCUT2D eigenvalue weighted by atomic mass is 10.2. The third kappa shape index (κ3) is 3.71. The fourth-order valence-corrected chi connectivity index (χ4v) is 4.66. The summed E-state index contributed by atoms with van der Waals surface area (Å²) in [7, 11) is 0. The molecule has 4 nitrogen and oxygen atoms in total. The molecule has 4 rings (SSSR count). The van der Waals surface area contributed by atoms with Gasteiger partial charge in [0.05, 0.1) is 21.8 Å². The Bertz CT molecular complexity index is 1220. The molecule has 0 fully saturated rings. The number of rotatable bonds is 6. The average Bonchev–Trinajstić information content (AvgIpc) is 3.11. The normalized spacial score (nSPS) is 12.2. The third-order valence-corrected chi connectivity index (χ3v) is 6.35. The van der Waals surface area contributed by atoms with E-state index in [-0.39, 0.29) is 11.2 Å². The standard InChI is InChI=1S/C25H23N3OS/c1-3-4-9-19-15-14-18(16-26)24(27-19)30-17(2)25(29)28-22-12-7-5-10-20(22)21-11-6-8-13-23(21)28/h5-8,10-15,17H,3-4,9H2,1-2H3. The molecule has 0 aliphatic rings. The molecule has 0 spiro atoms. The van der Waals surface area contributed by atoms with Crippen molar-refractivity contribution in [2.45, 2.75) is 43.4 Å². The van der Waals surface area contributed by atoms with Crippen molar-refractivity contribution in [3.05, 3.63) is 71.9 Å². The molecule has 0 aliphatic heterocycles. The van der Waals surface area contributed by atoms with Gasteiger partial charge in [0, 0.05) is 16.5 Å². The number of carbonyl (C=O) groups is 1. The fourth-order valence-electron chi connectivity index (χ4n) is 3.71. The number of carbonyl (C=O) groups excluding carboxylic acids is 1. The maximum atomic E-state index is 13.5. The summed E-state index contributed by atoms with van der Waals surface area (Å²) in [6, 6.07) is 21.9. The largest absolute Gasteiger partial charge is 0.279 e. The molecule has 0 N–H and O–H groups in total. The maximum absolute atomic E-state index is 13.5. The molecular weight excluding hydrogens is 390 g/mol. The zero-order chi connectivity index (χ0) is 21.1. The second-order valence-corrected chi connectivity index (χ2v) is 8.67. The number of aromatic nitrogens is 2. The minimum atomic E-state index is -0.384. The van der Waals surface area contributed by atoms with Crippen molar-refractivity contribution in [2.24, 2.45) is 0 Å². The van der Waals surface area contributed by atoms with Gasteiger partial charge in [-0.2, -0.15) is 5.26 Å². The highest BCUT2D eigenvalue weighted by Crippen LogP contribution is 2.32. The summed E-state index contributed by atoms with van der Waals surface area (Å²) in [6.07, 6.45) is 3.02. The molecule has 5 heteroatoms. The van der Waals surface area contributed by atoms with Gasteiger partial charge < -0.3 is 0 Å². The van der Waals surface area contributed by atoms with Crippen LogP contribution in [0.4, 0.5) is 0 Å². The average molecular weight is 414 g/mol. The molecule has 0 saturated heterocycles. The second kappa shape index (κ2) is 8.73. The summed E-state index contributed by atoms with van der Waals surface area (Å²) in [5.74, 6) is -0.0120. The summed E-state index contributed by atoms with van der Waals surface area (Å²) in [5.41, 5.74) is 3.29. The molecule has 0 aliphatic carbocycles. The molecular formula is C25H23N3OS. The van der Waals surface area contributed by atoms with E-state index in [9.17, 15) is 10.1 Å². The van der Waals surface area contributed by atoms with Crippen LogP contribution < -0.4 is 0 Å². The predicted octanol–water partition coefficient (Wildman–Crippen LogP) is 6.22. The fraction of sp³-hybridized carbons (Fsp3) is 0.240. The van der Waals surface area contributed by atoms with Gasteiger partial charge in [0.2, 0.25) is 5.91 Å². The minimum absolute atomic E-state index is 0.0120. The summed E-state index contributed by atoms with van der Waals surface area (Å²) < 4.78 is 1.80. The first kappa shape index (κ1) is 20.2. The van der Waals surface area contributed by atoms with Crippen LogP contribution in [0.3, 0.4) is 0 Å². The Hall–Kier alpha value is -3.10. The van der Waals surface area contributed by atoms with E-state index in [0.717, 1.165) is 46.8 Å². The van der Waals surface area contributed by atoms with Crippen molar-refractivity contribution in [1.82, 2.24) is 9.55 Å². The highest BCUT2D eigenvalue weighted by Gasteiger charge is 2.23. The summed E-state index contributed by atoms with van der Waals surface area (Å²) in [5, 5.41) is 11.9. The number of hydrogen-bond donors (Lipinski definition) is 0. The Morgan fingerprint density at radius 2 is 1.70 bits per heavy atom.